The molecule has 2 atom stereocenters. The molecule has 2 aliphatic carbocycles. The van der Waals surface area contributed by atoms with Gasteiger partial charge in [-0.25, -0.2) is 13.8 Å². The van der Waals surface area contributed by atoms with Crippen LogP contribution in [0.4, 0.5) is 8.78 Å². The maximum absolute atomic E-state index is 15.3. The lowest BCUT2D eigenvalue weighted by Gasteiger charge is -2.30. The minimum atomic E-state index is -1.72. The Kier molecular flexibility index (Phi) is 6.65. The summed E-state index contributed by atoms with van der Waals surface area (Å²) in [6.07, 6.45) is 5.23. The fourth-order valence-corrected chi connectivity index (χ4v) is 6.22. The van der Waals surface area contributed by atoms with Gasteiger partial charge in [0.05, 0.1) is 23.3 Å². The van der Waals surface area contributed by atoms with Crippen molar-refractivity contribution >= 4 is 45.9 Å². The van der Waals surface area contributed by atoms with Crippen molar-refractivity contribution in [2.75, 3.05) is 13.2 Å². The van der Waals surface area contributed by atoms with Crippen LogP contribution in [0.1, 0.15) is 60.3 Å². The summed E-state index contributed by atoms with van der Waals surface area (Å²) >= 11 is 12.4. The second kappa shape index (κ2) is 10.1. The predicted octanol–water partition coefficient (Wildman–Crippen LogP) is 5.18. The molecule has 2 amide bonds. The number of fused-ring (bicyclic) bond motifs is 2. The van der Waals surface area contributed by atoms with Crippen LogP contribution in [-0.2, 0) is 15.8 Å². The van der Waals surface area contributed by atoms with Crippen molar-refractivity contribution < 1.29 is 28.2 Å². The third-order valence-corrected chi connectivity index (χ3v) is 9.52. The van der Waals surface area contributed by atoms with Crippen molar-refractivity contribution in [1.29, 1.82) is 0 Å². The zero-order valence-corrected chi connectivity index (χ0v) is 25.0. The number of aromatic nitrogens is 3. The maximum atomic E-state index is 15.3. The first kappa shape index (κ1) is 28.9. The molecule has 4 N–H and O–H groups in total. The van der Waals surface area contributed by atoms with Crippen LogP contribution >= 0.6 is 23.2 Å². The summed E-state index contributed by atoms with van der Waals surface area (Å²) in [6, 6.07) is 7.24. The van der Waals surface area contributed by atoms with E-state index in [1.54, 1.807) is 13.0 Å². The van der Waals surface area contributed by atoms with E-state index in [1.165, 1.54) is 12.1 Å². The molecule has 0 saturated heterocycles. The molecule has 3 aliphatic rings. The molecule has 3 heterocycles. The number of halogens is 4. The molecule has 7 rings (SSSR count). The summed E-state index contributed by atoms with van der Waals surface area (Å²) in [7, 11) is 0. The van der Waals surface area contributed by atoms with Crippen LogP contribution in [0.3, 0.4) is 0 Å². The van der Waals surface area contributed by atoms with Gasteiger partial charge in [0.1, 0.15) is 45.4 Å². The number of amides is 2. The smallest absolute Gasteiger partial charge is 0.251 e. The number of nitrogens with one attached hydrogen (secondary N) is 1. The number of benzene rings is 2. The molecule has 2 saturated carbocycles. The first-order valence-electron chi connectivity index (χ1n) is 14.2. The third-order valence-electron chi connectivity index (χ3n) is 8.88. The Morgan fingerprint density at radius 2 is 1.95 bits per heavy atom. The van der Waals surface area contributed by atoms with Gasteiger partial charge in [-0.3, -0.25) is 14.3 Å². The van der Waals surface area contributed by atoms with Gasteiger partial charge in [-0.15, -0.1) is 0 Å². The summed E-state index contributed by atoms with van der Waals surface area (Å²) in [5.74, 6) is -3.43. The number of carbonyl (C=O) groups excluding carboxylic acids is 2. The molecular formula is C31H27Cl2F2N5O4. The van der Waals surface area contributed by atoms with E-state index in [-0.39, 0.29) is 47.3 Å². The Balaban J connectivity index is 1.27. The molecule has 4 aromatic rings. The molecule has 44 heavy (non-hydrogen) atoms. The Morgan fingerprint density at radius 1 is 1.20 bits per heavy atom. The van der Waals surface area contributed by atoms with Crippen molar-refractivity contribution in [2.24, 2.45) is 11.7 Å². The molecule has 2 fully saturated rings. The number of nitrogens with zero attached hydrogens (tertiary/aromatic N) is 3. The molecule has 13 heteroatoms. The normalized spacial score (nSPS) is 20.7. The van der Waals surface area contributed by atoms with Crippen LogP contribution < -0.4 is 15.8 Å². The standard InChI is InChI=1S/C31H27Cl2F2N5O4/c1-30(29(36)42)13-44-27-19(30)10-22(38-26(27)18-6-7-21(34)23(33)24(18)35)31(43,16-2-3-16)12-37-28(41)14-8-15-11-40(17-4-5-17)39-25(15)20(32)9-14/h6-11,16-17,43H,2-5,12-13H2,1H3,(H2,36,42)(H,37,41)/t30-,31?/m0/s1. The highest BCUT2D eigenvalue weighted by Crippen LogP contribution is 2.50. The van der Waals surface area contributed by atoms with Gasteiger partial charge in [0.25, 0.3) is 5.91 Å². The fourth-order valence-electron chi connectivity index (χ4n) is 5.79. The summed E-state index contributed by atoms with van der Waals surface area (Å²) in [4.78, 5) is 30.6. The van der Waals surface area contributed by atoms with Crippen molar-refractivity contribution in [1.82, 2.24) is 20.1 Å². The zero-order valence-electron chi connectivity index (χ0n) is 23.5. The van der Waals surface area contributed by atoms with E-state index in [1.807, 2.05) is 10.9 Å². The SMILES string of the molecule is C[C@]1(C(N)=O)COc2c1cc(C(O)(CNC(=O)c1cc(Cl)c3nn(C4CC4)cc3c1)C1CC1)nc2-c1ccc(F)c(Cl)c1F. The number of carbonyl (C=O) groups is 2. The highest BCUT2D eigenvalue weighted by atomic mass is 35.5. The molecule has 2 aromatic carbocycles. The number of rotatable bonds is 8. The van der Waals surface area contributed by atoms with Crippen molar-refractivity contribution in [2.45, 2.75) is 49.7 Å². The second-order valence-corrected chi connectivity index (χ2v) is 12.8. The first-order chi connectivity index (χ1) is 20.9. The average molecular weight is 642 g/mol. The van der Waals surface area contributed by atoms with Gasteiger partial charge in [-0.2, -0.15) is 5.10 Å². The van der Waals surface area contributed by atoms with Gasteiger partial charge in [0, 0.05) is 28.3 Å². The number of pyridine rings is 1. The molecular weight excluding hydrogens is 615 g/mol. The molecule has 0 spiro atoms. The van der Waals surface area contributed by atoms with Crippen molar-refractivity contribution in [3.63, 3.8) is 0 Å². The van der Waals surface area contributed by atoms with E-state index in [9.17, 15) is 19.1 Å². The lowest BCUT2D eigenvalue weighted by Crippen LogP contribution is -2.44. The molecule has 0 radical (unpaired) electrons. The Morgan fingerprint density at radius 3 is 2.64 bits per heavy atom. The summed E-state index contributed by atoms with van der Waals surface area (Å²) in [6.45, 7) is 1.18. The number of hydrogen-bond donors (Lipinski definition) is 3. The summed E-state index contributed by atoms with van der Waals surface area (Å²) in [5, 5.41) is 19.8. The van der Waals surface area contributed by atoms with Crippen LogP contribution in [0, 0.1) is 17.6 Å². The monoisotopic (exact) mass is 641 g/mol. The highest BCUT2D eigenvalue weighted by Gasteiger charge is 2.50. The fraction of sp³-hybridized carbons (Fsp3) is 0.355. The van der Waals surface area contributed by atoms with Crippen LogP contribution in [0.2, 0.25) is 10.0 Å². The van der Waals surface area contributed by atoms with E-state index in [2.05, 4.69) is 15.4 Å². The molecule has 9 nitrogen and oxygen atoms in total. The van der Waals surface area contributed by atoms with Crippen molar-refractivity contribution in [3.8, 4) is 17.0 Å². The first-order valence-corrected chi connectivity index (χ1v) is 15.0. The molecule has 1 unspecified atom stereocenters. The van der Waals surface area contributed by atoms with Gasteiger partial charge >= 0.3 is 0 Å². The summed E-state index contributed by atoms with van der Waals surface area (Å²) < 4.78 is 37.0. The maximum Gasteiger partial charge on any atom is 0.251 e. The van der Waals surface area contributed by atoms with Crippen LogP contribution in [0.5, 0.6) is 5.75 Å². The zero-order chi connectivity index (χ0) is 31.1. The van der Waals surface area contributed by atoms with Crippen LogP contribution in [-0.4, -0.2) is 44.8 Å². The number of nitrogens with two attached hydrogens (primary N) is 1. The van der Waals surface area contributed by atoms with Gasteiger partial charge in [-0.05, 0) is 68.9 Å². The van der Waals surface area contributed by atoms with Gasteiger partial charge in [-0.1, -0.05) is 23.2 Å². The molecule has 228 valence electrons. The average Bonchev–Trinajstić information content (AvgIpc) is 3.94. The third kappa shape index (κ3) is 4.60. The molecule has 1 aliphatic heterocycles. The van der Waals surface area contributed by atoms with Crippen LogP contribution in [0.15, 0.2) is 36.5 Å². The van der Waals surface area contributed by atoms with Gasteiger partial charge in [0.2, 0.25) is 5.91 Å². The lowest BCUT2D eigenvalue weighted by atomic mass is 9.81. The van der Waals surface area contributed by atoms with Gasteiger partial charge in [0.15, 0.2) is 5.82 Å². The van der Waals surface area contributed by atoms with E-state index in [0.717, 1.165) is 30.4 Å². The lowest BCUT2D eigenvalue weighted by molar-refractivity contribution is -0.123. The molecule has 2 aromatic heterocycles. The van der Waals surface area contributed by atoms with Crippen LogP contribution in [0.25, 0.3) is 22.2 Å². The number of aliphatic hydroxyl groups is 1. The summed E-state index contributed by atoms with van der Waals surface area (Å²) in [5.41, 5.74) is 3.72. The Hall–Kier alpha value is -3.80. The molecule has 0 bridgehead atoms. The minimum absolute atomic E-state index is 0.0721. The van der Waals surface area contributed by atoms with E-state index >= 15 is 4.39 Å². The van der Waals surface area contributed by atoms with Crippen molar-refractivity contribution in [3.05, 3.63) is 75.0 Å². The van der Waals surface area contributed by atoms with E-state index in [4.69, 9.17) is 33.7 Å². The topological polar surface area (TPSA) is 132 Å². The predicted molar refractivity (Wildman–Crippen MR) is 159 cm³/mol. The second-order valence-electron chi connectivity index (χ2n) is 12.1. The van der Waals surface area contributed by atoms with E-state index < -0.39 is 39.5 Å². The minimum Gasteiger partial charge on any atom is -0.489 e. The Bertz CT molecular complexity index is 1890. The number of hydrogen-bond acceptors (Lipinski definition) is 6. The highest BCUT2D eigenvalue weighted by molar-refractivity contribution is 6.35. The largest absolute Gasteiger partial charge is 0.489 e. The quantitative estimate of drug-likeness (QED) is 0.227. The van der Waals surface area contributed by atoms with E-state index in [0.29, 0.717) is 35.0 Å². The van der Waals surface area contributed by atoms with Gasteiger partial charge < -0.3 is 20.9 Å². The Labute approximate surface area is 260 Å². The number of ether oxygens (including phenoxy) is 1. The number of primary amides is 1.